The van der Waals surface area contributed by atoms with Gasteiger partial charge in [-0.25, -0.2) is 13.4 Å². The second-order valence-electron chi connectivity index (χ2n) is 5.05. The lowest BCUT2D eigenvalue weighted by atomic mass is 10.3. The molecule has 3 rings (SSSR count). The maximum atomic E-state index is 12.3. The Morgan fingerprint density at radius 2 is 1.58 bits per heavy atom. The van der Waals surface area contributed by atoms with E-state index in [2.05, 4.69) is 20.3 Å². The first-order chi connectivity index (χ1) is 12.4. The summed E-state index contributed by atoms with van der Waals surface area (Å²) in [6.45, 7) is 0. The molecule has 134 valence electrons. The second-order valence-corrected chi connectivity index (χ2v) is 8.47. The van der Waals surface area contributed by atoms with Gasteiger partial charge in [-0.05, 0) is 60.7 Å². The van der Waals surface area contributed by atoms with Crippen molar-refractivity contribution >= 4 is 66.8 Å². The molecular formula is C16H13ClN4O2S3. The summed E-state index contributed by atoms with van der Waals surface area (Å²) in [5.74, 6) is 0. The van der Waals surface area contributed by atoms with Crippen LogP contribution in [0.2, 0.25) is 5.02 Å². The zero-order chi connectivity index (χ0) is 18.6. The van der Waals surface area contributed by atoms with Crippen molar-refractivity contribution in [3.63, 3.8) is 0 Å². The minimum atomic E-state index is -3.67. The first-order valence-corrected chi connectivity index (χ1v) is 10.4. The summed E-state index contributed by atoms with van der Waals surface area (Å²) in [5, 5.41) is 9.04. The predicted octanol–water partition coefficient (Wildman–Crippen LogP) is 4.41. The number of aromatic nitrogens is 1. The minimum absolute atomic E-state index is 0.134. The average molecular weight is 425 g/mol. The van der Waals surface area contributed by atoms with Gasteiger partial charge in [-0.2, -0.15) is 0 Å². The van der Waals surface area contributed by atoms with E-state index in [0.717, 1.165) is 5.69 Å². The quantitative estimate of drug-likeness (QED) is 0.526. The fraction of sp³-hybridized carbons (Fsp3) is 0. The Hall–Kier alpha value is -2.20. The molecule has 1 aromatic heterocycles. The highest BCUT2D eigenvalue weighted by atomic mass is 35.5. The van der Waals surface area contributed by atoms with Crippen molar-refractivity contribution in [3.8, 4) is 0 Å². The number of sulfonamides is 1. The molecule has 0 radical (unpaired) electrons. The number of nitrogens with one attached hydrogen (secondary N) is 3. The number of benzene rings is 2. The molecule has 2 aromatic carbocycles. The van der Waals surface area contributed by atoms with Gasteiger partial charge in [0.2, 0.25) is 0 Å². The van der Waals surface area contributed by atoms with Gasteiger partial charge in [-0.15, -0.1) is 11.3 Å². The van der Waals surface area contributed by atoms with Gasteiger partial charge >= 0.3 is 0 Å². The molecule has 0 bridgehead atoms. The molecule has 0 aliphatic heterocycles. The van der Waals surface area contributed by atoms with E-state index in [1.54, 1.807) is 41.8 Å². The van der Waals surface area contributed by atoms with Crippen LogP contribution in [-0.4, -0.2) is 18.5 Å². The molecule has 0 unspecified atom stereocenters. The van der Waals surface area contributed by atoms with Crippen molar-refractivity contribution in [2.75, 3.05) is 15.4 Å². The molecule has 3 N–H and O–H groups in total. The van der Waals surface area contributed by atoms with E-state index in [1.807, 2.05) is 0 Å². The van der Waals surface area contributed by atoms with Gasteiger partial charge in [0, 0.05) is 28.0 Å². The van der Waals surface area contributed by atoms with Gasteiger partial charge in [-0.1, -0.05) is 11.6 Å². The Labute approximate surface area is 165 Å². The van der Waals surface area contributed by atoms with E-state index >= 15 is 0 Å². The number of thiocarbonyl (C=S) groups is 1. The largest absolute Gasteiger partial charge is 0.332 e. The van der Waals surface area contributed by atoms with Gasteiger partial charge in [-0.3, -0.25) is 4.72 Å². The van der Waals surface area contributed by atoms with Crippen molar-refractivity contribution in [2.45, 2.75) is 4.90 Å². The molecule has 0 saturated carbocycles. The molecule has 26 heavy (non-hydrogen) atoms. The first-order valence-electron chi connectivity index (χ1n) is 7.28. The number of nitrogens with zero attached hydrogens (tertiary/aromatic N) is 1. The van der Waals surface area contributed by atoms with Gasteiger partial charge < -0.3 is 10.6 Å². The molecule has 0 aliphatic rings. The summed E-state index contributed by atoms with van der Waals surface area (Å²) in [7, 11) is -3.67. The summed E-state index contributed by atoms with van der Waals surface area (Å²) in [5.41, 5.74) is 1.45. The van der Waals surface area contributed by atoms with Gasteiger partial charge in [0.05, 0.1) is 4.90 Å². The molecule has 0 saturated heterocycles. The van der Waals surface area contributed by atoms with E-state index in [4.69, 9.17) is 23.8 Å². The monoisotopic (exact) mass is 424 g/mol. The van der Waals surface area contributed by atoms with E-state index in [9.17, 15) is 8.42 Å². The topological polar surface area (TPSA) is 83.1 Å². The number of thiazole rings is 1. The number of hydrogen-bond donors (Lipinski definition) is 3. The predicted molar refractivity (Wildman–Crippen MR) is 111 cm³/mol. The summed E-state index contributed by atoms with van der Waals surface area (Å²) >= 11 is 12.3. The molecule has 0 fully saturated rings. The van der Waals surface area contributed by atoms with Crippen LogP contribution in [-0.2, 0) is 10.0 Å². The van der Waals surface area contributed by atoms with Gasteiger partial charge in [0.25, 0.3) is 10.0 Å². The smallest absolute Gasteiger partial charge is 0.263 e. The lowest BCUT2D eigenvalue weighted by Crippen LogP contribution is -2.19. The van der Waals surface area contributed by atoms with Crippen molar-refractivity contribution in [2.24, 2.45) is 0 Å². The zero-order valence-corrected chi connectivity index (χ0v) is 16.3. The molecule has 6 nitrogen and oxygen atoms in total. The third-order valence-corrected chi connectivity index (χ3v) is 5.81. The van der Waals surface area contributed by atoms with E-state index < -0.39 is 10.0 Å². The molecule has 0 aliphatic carbocycles. The minimum Gasteiger partial charge on any atom is -0.332 e. The normalized spacial score (nSPS) is 11.0. The Bertz CT molecular complexity index is 989. The van der Waals surface area contributed by atoms with Crippen LogP contribution in [0.4, 0.5) is 16.5 Å². The Morgan fingerprint density at radius 1 is 1.00 bits per heavy atom. The average Bonchev–Trinajstić information content (AvgIpc) is 3.09. The zero-order valence-electron chi connectivity index (χ0n) is 13.1. The molecule has 0 amide bonds. The highest BCUT2D eigenvalue weighted by Crippen LogP contribution is 2.20. The van der Waals surface area contributed by atoms with Crippen molar-refractivity contribution in [1.29, 1.82) is 0 Å². The van der Waals surface area contributed by atoms with Crippen LogP contribution in [0.5, 0.6) is 0 Å². The maximum Gasteiger partial charge on any atom is 0.263 e. The molecular weight excluding hydrogens is 412 g/mol. The third-order valence-electron chi connectivity index (χ3n) is 3.18. The van der Waals surface area contributed by atoms with Crippen LogP contribution in [0.3, 0.4) is 0 Å². The molecule has 3 aromatic rings. The molecule has 0 spiro atoms. The summed E-state index contributed by atoms with van der Waals surface area (Å²) in [6.07, 6.45) is 1.53. The van der Waals surface area contributed by atoms with Crippen LogP contribution >= 0.6 is 35.2 Å². The summed E-state index contributed by atoms with van der Waals surface area (Å²) < 4.78 is 27.0. The first kappa shape index (κ1) is 18.6. The number of hydrogen-bond acceptors (Lipinski definition) is 5. The van der Waals surface area contributed by atoms with Crippen LogP contribution in [0.25, 0.3) is 0 Å². The fourth-order valence-electron chi connectivity index (χ4n) is 1.99. The Balaban J connectivity index is 1.63. The summed E-state index contributed by atoms with van der Waals surface area (Å²) in [6, 6.07) is 13.3. The van der Waals surface area contributed by atoms with Crippen LogP contribution in [0.1, 0.15) is 0 Å². The standard InChI is InChI=1S/C16H13ClN4O2S3/c17-11-1-3-12(4-2-11)19-15(24)20-13-5-7-14(8-6-13)26(22,23)21-16-18-9-10-25-16/h1-10H,(H,18,21)(H2,19,20,24). The van der Waals surface area contributed by atoms with Crippen molar-refractivity contribution < 1.29 is 8.42 Å². The van der Waals surface area contributed by atoms with Crippen LogP contribution < -0.4 is 15.4 Å². The Morgan fingerprint density at radius 3 is 2.12 bits per heavy atom. The highest BCUT2D eigenvalue weighted by Gasteiger charge is 2.15. The fourth-order valence-corrected chi connectivity index (χ4v) is 4.14. The Kier molecular flexibility index (Phi) is 5.72. The molecule has 10 heteroatoms. The molecule has 0 atom stereocenters. The SMILES string of the molecule is O=S(=O)(Nc1nccs1)c1ccc(NC(=S)Nc2ccc(Cl)cc2)cc1. The van der Waals surface area contributed by atoms with Crippen LogP contribution in [0, 0.1) is 0 Å². The summed E-state index contributed by atoms with van der Waals surface area (Å²) in [4.78, 5) is 4.05. The van der Waals surface area contributed by atoms with Crippen molar-refractivity contribution in [1.82, 2.24) is 4.98 Å². The molecule has 1 heterocycles. The van der Waals surface area contributed by atoms with Crippen molar-refractivity contribution in [3.05, 3.63) is 65.1 Å². The number of rotatable bonds is 5. The number of halogens is 1. The van der Waals surface area contributed by atoms with Gasteiger partial charge in [0.15, 0.2) is 10.2 Å². The van der Waals surface area contributed by atoms with Gasteiger partial charge in [0.1, 0.15) is 0 Å². The highest BCUT2D eigenvalue weighted by molar-refractivity contribution is 7.93. The maximum absolute atomic E-state index is 12.3. The lowest BCUT2D eigenvalue weighted by Gasteiger charge is -2.11. The van der Waals surface area contributed by atoms with E-state index in [-0.39, 0.29) is 4.90 Å². The van der Waals surface area contributed by atoms with E-state index in [1.165, 1.54) is 29.7 Å². The number of anilines is 3. The van der Waals surface area contributed by atoms with Crippen LogP contribution in [0.15, 0.2) is 65.0 Å². The lowest BCUT2D eigenvalue weighted by molar-refractivity contribution is 0.601. The second kappa shape index (κ2) is 8.00. The third kappa shape index (κ3) is 4.92. The van der Waals surface area contributed by atoms with E-state index in [0.29, 0.717) is 21.0 Å².